The normalized spacial score (nSPS) is 23.9. The molecule has 0 aliphatic heterocycles. The molecule has 2 rings (SSSR count). The summed E-state index contributed by atoms with van der Waals surface area (Å²) in [6, 6.07) is 8.39. The van der Waals surface area contributed by atoms with Crippen LogP contribution < -0.4 is 5.32 Å². The monoisotopic (exact) mass is 317 g/mol. The zero-order chi connectivity index (χ0) is 17.4. The van der Waals surface area contributed by atoms with Gasteiger partial charge in [0.25, 0.3) is 0 Å². The summed E-state index contributed by atoms with van der Waals surface area (Å²) in [5.74, 6) is 2.25. The van der Waals surface area contributed by atoms with Gasteiger partial charge >= 0.3 is 0 Å². The summed E-state index contributed by atoms with van der Waals surface area (Å²) in [6.45, 7) is 13.5. The zero-order valence-electron chi connectivity index (χ0n) is 15.9. The fraction of sp³-hybridized carbons (Fsp3) is 0.667. The molecule has 2 nitrogen and oxygen atoms in total. The molecule has 0 heterocycles. The molecule has 0 unspecified atom stereocenters. The third-order valence-corrected chi connectivity index (χ3v) is 4.95. The van der Waals surface area contributed by atoms with Crippen molar-refractivity contribution in [3.05, 3.63) is 35.4 Å². The smallest absolute Gasteiger partial charge is 0.223 e. The molecule has 0 spiro atoms. The van der Waals surface area contributed by atoms with Gasteiger partial charge in [0.2, 0.25) is 5.91 Å². The lowest BCUT2D eigenvalue weighted by molar-refractivity contribution is -0.129. The first-order valence-corrected chi connectivity index (χ1v) is 9.30. The van der Waals surface area contributed by atoms with Crippen LogP contribution in [0, 0.1) is 30.6 Å². The Hall–Kier alpha value is -1.31. The van der Waals surface area contributed by atoms with Gasteiger partial charge in [0.1, 0.15) is 0 Å². The van der Waals surface area contributed by atoms with Crippen molar-refractivity contribution in [1.29, 1.82) is 0 Å². The summed E-state index contributed by atoms with van der Waals surface area (Å²) in [7, 11) is 0. The molecule has 1 N–H and O–H groups in total. The fourth-order valence-electron chi connectivity index (χ4n) is 3.53. The molecule has 23 heavy (non-hydrogen) atoms. The second-order valence-electron chi connectivity index (χ2n) is 7.14. The highest BCUT2D eigenvalue weighted by atomic mass is 16.1. The first kappa shape index (κ1) is 19.7. The van der Waals surface area contributed by atoms with Crippen LogP contribution in [-0.2, 0) is 11.3 Å². The van der Waals surface area contributed by atoms with E-state index < -0.39 is 0 Å². The Morgan fingerprint density at radius 1 is 1.17 bits per heavy atom. The van der Waals surface area contributed by atoms with Gasteiger partial charge in [0, 0.05) is 12.5 Å². The third-order valence-electron chi connectivity index (χ3n) is 4.95. The quantitative estimate of drug-likeness (QED) is 0.797. The minimum atomic E-state index is 0.194. The number of hydrogen-bond donors (Lipinski definition) is 1. The van der Waals surface area contributed by atoms with Gasteiger partial charge in [-0.15, -0.1) is 0 Å². The molecular formula is C21H35NO. The van der Waals surface area contributed by atoms with Crippen molar-refractivity contribution in [1.82, 2.24) is 5.32 Å². The van der Waals surface area contributed by atoms with Crippen molar-refractivity contribution >= 4 is 5.91 Å². The van der Waals surface area contributed by atoms with Gasteiger partial charge in [-0.2, -0.15) is 0 Å². The van der Waals surface area contributed by atoms with Crippen molar-refractivity contribution in [2.75, 3.05) is 0 Å². The number of nitrogens with one attached hydrogen (secondary N) is 1. The summed E-state index contributed by atoms with van der Waals surface area (Å²) in [5.41, 5.74) is 2.44. The second-order valence-corrected chi connectivity index (χ2v) is 7.14. The second kappa shape index (κ2) is 9.75. The van der Waals surface area contributed by atoms with E-state index in [0.717, 1.165) is 6.42 Å². The molecule has 0 bridgehead atoms. The van der Waals surface area contributed by atoms with Crippen LogP contribution in [0.1, 0.15) is 65.0 Å². The molecule has 1 aromatic carbocycles. The molecule has 1 aliphatic rings. The summed E-state index contributed by atoms with van der Waals surface area (Å²) >= 11 is 0. The Kier molecular flexibility index (Phi) is 8.36. The summed E-state index contributed by atoms with van der Waals surface area (Å²) < 4.78 is 0. The highest BCUT2D eigenvalue weighted by Crippen LogP contribution is 2.38. The number of benzene rings is 1. The highest BCUT2D eigenvalue weighted by molar-refractivity contribution is 5.79. The zero-order valence-corrected chi connectivity index (χ0v) is 15.9. The Labute approximate surface area is 143 Å². The minimum Gasteiger partial charge on any atom is -0.352 e. The van der Waals surface area contributed by atoms with Crippen molar-refractivity contribution in [2.24, 2.45) is 23.7 Å². The Balaban J connectivity index is 0.00000127. The summed E-state index contributed by atoms with van der Waals surface area (Å²) in [5, 5.41) is 3.15. The standard InChI is InChI=1S/C19H29NO.C2H6/c1-13(2)17-10-7-15(4)11-18(17)19(21)20-12-16-8-5-14(3)6-9-16;1-2/h5-6,8-9,13,15,17-18H,7,10-12H2,1-4H3,(H,20,21);1-2H3/t15-,17+,18-;/m1./s1. The van der Waals surface area contributed by atoms with Gasteiger partial charge in [-0.25, -0.2) is 0 Å². The first-order chi connectivity index (χ1) is 11.0. The molecule has 1 saturated carbocycles. The molecule has 3 atom stereocenters. The maximum Gasteiger partial charge on any atom is 0.223 e. The predicted octanol–water partition coefficient (Wildman–Crippen LogP) is 5.35. The van der Waals surface area contributed by atoms with Gasteiger partial charge < -0.3 is 5.32 Å². The van der Waals surface area contributed by atoms with Gasteiger partial charge in [-0.1, -0.05) is 70.9 Å². The fourth-order valence-corrected chi connectivity index (χ4v) is 3.53. The first-order valence-electron chi connectivity index (χ1n) is 9.30. The molecule has 0 radical (unpaired) electrons. The van der Waals surface area contributed by atoms with Gasteiger partial charge in [-0.05, 0) is 43.1 Å². The van der Waals surface area contributed by atoms with E-state index in [1.807, 2.05) is 13.8 Å². The number of rotatable bonds is 4. The maximum absolute atomic E-state index is 12.6. The Bertz CT molecular complexity index is 463. The van der Waals surface area contributed by atoms with Crippen LogP contribution in [0.15, 0.2) is 24.3 Å². The van der Waals surface area contributed by atoms with E-state index in [2.05, 4.69) is 57.3 Å². The van der Waals surface area contributed by atoms with E-state index in [9.17, 15) is 4.79 Å². The highest BCUT2D eigenvalue weighted by Gasteiger charge is 2.35. The van der Waals surface area contributed by atoms with Crippen molar-refractivity contribution in [2.45, 2.75) is 67.3 Å². The minimum absolute atomic E-state index is 0.194. The van der Waals surface area contributed by atoms with Crippen LogP contribution in [0.5, 0.6) is 0 Å². The van der Waals surface area contributed by atoms with E-state index in [0.29, 0.717) is 24.3 Å². The number of carbonyl (C=O) groups is 1. The van der Waals surface area contributed by atoms with E-state index in [4.69, 9.17) is 0 Å². The van der Waals surface area contributed by atoms with Gasteiger partial charge in [-0.3, -0.25) is 4.79 Å². The molecule has 1 aromatic rings. The molecule has 0 aromatic heterocycles. The topological polar surface area (TPSA) is 29.1 Å². The molecule has 2 heteroatoms. The molecule has 0 saturated heterocycles. The molecule has 1 aliphatic carbocycles. The number of amides is 1. The summed E-state index contributed by atoms with van der Waals surface area (Å²) in [4.78, 5) is 12.6. The molecule has 1 fully saturated rings. The molecular weight excluding hydrogens is 282 g/mol. The lowest BCUT2D eigenvalue weighted by Gasteiger charge is -2.36. The average Bonchev–Trinajstić information content (AvgIpc) is 2.55. The van der Waals surface area contributed by atoms with Crippen LogP contribution in [0.4, 0.5) is 0 Å². The SMILES string of the molecule is CC.Cc1ccc(CNC(=O)[C@@H]2C[C@H](C)CC[C@H]2C(C)C)cc1. The van der Waals surface area contributed by atoms with Crippen molar-refractivity contribution in [3.63, 3.8) is 0 Å². The number of hydrogen-bond acceptors (Lipinski definition) is 1. The van der Waals surface area contributed by atoms with E-state index >= 15 is 0 Å². The van der Waals surface area contributed by atoms with E-state index in [1.54, 1.807) is 0 Å². The maximum atomic E-state index is 12.6. The largest absolute Gasteiger partial charge is 0.352 e. The molecule has 1 amide bonds. The van der Waals surface area contributed by atoms with E-state index in [-0.39, 0.29) is 11.8 Å². The Morgan fingerprint density at radius 2 is 1.78 bits per heavy atom. The molecule has 130 valence electrons. The van der Waals surface area contributed by atoms with E-state index in [1.165, 1.54) is 24.0 Å². The van der Waals surface area contributed by atoms with Crippen molar-refractivity contribution in [3.8, 4) is 0 Å². The van der Waals surface area contributed by atoms with Crippen LogP contribution >= 0.6 is 0 Å². The van der Waals surface area contributed by atoms with Gasteiger partial charge in [0.05, 0.1) is 0 Å². The lowest BCUT2D eigenvalue weighted by Crippen LogP contribution is -2.39. The Morgan fingerprint density at radius 3 is 2.35 bits per heavy atom. The number of carbonyl (C=O) groups excluding carboxylic acids is 1. The van der Waals surface area contributed by atoms with Crippen LogP contribution in [0.2, 0.25) is 0 Å². The van der Waals surface area contributed by atoms with Crippen LogP contribution in [-0.4, -0.2) is 5.91 Å². The number of aryl methyl sites for hydroxylation is 1. The lowest BCUT2D eigenvalue weighted by atomic mass is 9.70. The predicted molar refractivity (Wildman–Crippen MR) is 99.2 cm³/mol. The average molecular weight is 318 g/mol. The third kappa shape index (κ3) is 6.01. The van der Waals surface area contributed by atoms with Crippen LogP contribution in [0.25, 0.3) is 0 Å². The summed E-state index contributed by atoms with van der Waals surface area (Å²) in [6.07, 6.45) is 3.51. The van der Waals surface area contributed by atoms with Crippen molar-refractivity contribution < 1.29 is 4.79 Å². The van der Waals surface area contributed by atoms with Gasteiger partial charge in [0.15, 0.2) is 0 Å². The van der Waals surface area contributed by atoms with Crippen LogP contribution in [0.3, 0.4) is 0 Å².